The fourth-order valence-electron chi connectivity index (χ4n) is 2.45. The summed E-state index contributed by atoms with van der Waals surface area (Å²) in [6.45, 7) is 3.44. The maximum Gasteiger partial charge on any atom is 0.0202 e. The zero-order valence-electron chi connectivity index (χ0n) is 10.4. The maximum absolute atomic E-state index is 3.18. The molecule has 1 N–H and O–H groups in total. The largest absolute Gasteiger partial charge is 0.316 e. The normalized spacial score (nSPS) is 18.9. The molecule has 2 heteroatoms. The van der Waals surface area contributed by atoms with Crippen LogP contribution in [0.3, 0.4) is 0 Å². The Balaban J connectivity index is 1.98. The number of piperidine rings is 1. The summed E-state index contributed by atoms with van der Waals surface area (Å²) in [5, 5.41) is 3.18. The first-order valence-corrected chi connectivity index (χ1v) is 6.21. The van der Waals surface area contributed by atoms with Crippen LogP contribution >= 0.6 is 0 Å². The van der Waals surface area contributed by atoms with E-state index >= 15 is 0 Å². The molecule has 0 spiro atoms. The van der Waals surface area contributed by atoms with E-state index in [1.54, 1.807) is 0 Å². The Hall–Kier alpha value is -0.860. The van der Waals surface area contributed by atoms with Crippen LogP contribution < -0.4 is 5.32 Å². The van der Waals surface area contributed by atoms with Gasteiger partial charge in [-0.2, -0.15) is 0 Å². The van der Waals surface area contributed by atoms with E-state index in [1.165, 1.54) is 37.1 Å². The number of hydrogen-bond donors (Lipinski definition) is 1. The lowest BCUT2D eigenvalue weighted by molar-refractivity contribution is 0.255. The lowest BCUT2D eigenvalue weighted by Gasteiger charge is -2.29. The summed E-state index contributed by atoms with van der Waals surface area (Å²) < 4.78 is 0. The van der Waals surface area contributed by atoms with Gasteiger partial charge in [-0.25, -0.2) is 0 Å². The molecule has 88 valence electrons. The monoisotopic (exact) mass is 218 g/mol. The SMILES string of the molecule is CNCc1ccc(C2CCN(C)CC2)cc1. The van der Waals surface area contributed by atoms with E-state index in [0.29, 0.717) is 0 Å². The molecule has 0 bridgehead atoms. The van der Waals surface area contributed by atoms with Crippen molar-refractivity contribution in [2.24, 2.45) is 0 Å². The standard InChI is InChI=1S/C14H22N2/c1-15-11-12-3-5-13(6-4-12)14-7-9-16(2)10-8-14/h3-6,14-15H,7-11H2,1-2H3. The van der Waals surface area contributed by atoms with Crippen LogP contribution in [0.4, 0.5) is 0 Å². The average molecular weight is 218 g/mol. The summed E-state index contributed by atoms with van der Waals surface area (Å²) in [6, 6.07) is 9.12. The summed E-state index contributed by atoms with van der Waals surface area (Å²) in [7, 11) is 4.21. The van der Waals surface area contributed by atoms with E-state index < -0.39 is 0 Å². The molecule has 1 aromatic rings. The molecule has 1 saturated heterocycles. The van der Waals surface area contributed by atoms with E-state index in [1.807, 2.05) is 7.05 Å². The van der Waals surface area contributed by atoms with Crippen LogP contribution in [0.2, 0.25) is 0 Å². The van der Waals surface area contributed by atoms with Gasteiger partial charge in [-0.3, -0.25) is 0 Å². The van der Waals surface area contributed by atoms with Crippen LogP contribution in [0, 0.1) is 0 Å². The summed E-state index contributed by atoms with van der Waals surface area (Å²) in [5.74, 6) is 0.778. The van der Waals surface area contributed by atoms with Crippen molar-refractivity contribution in [1.82, 2.24) is 10.2 Å². The molecule has 16 heavy (non-hydrogen) atoms. The first kappa shape index (κ1) is 11.6. The third-order valence-electron chi connectivity index (χ3n) is 3.55. The fourth-order valence-corrected chi connectivity index (χ4v) is 2.45. The van der Waals surface area contributed by atoms with Crippen LogP contribution in [0.1, 0.15) is 29.9 Å². The Morgan fingerprint density at radius 3 is 2.38 bits per heavy atom. The Kier molecular flexibility index (Phi) is 3.97. The molecule has 0 aliphatic carbocycles. The van der Waals surface area contributed by atoms with Crippen molar-refractivity contribution in [3.05, 3.63) is 35.4 Å². The van der Waals surface area contributed by atoms with Crippen LogP contribution in [0.15, 0.2) is 24.3 Å². The highest BCUT2D eigenvalue weighted by atomic mass is 15.1. The van der Waals surface area contributed by atoms with Gasteiger partial charge in [0, 0.05) is 6.54 Å². The highest BCUT2D eigenvalue weighted by Crippen LogP contribution is 2.27. The zero-order chi connectivity index (χ0) is 11.4. The predicted molar refractivity (Wildman–Crippen MR) is 68.7 cm³/mol. The summed E-state index contributed by atoms with van der Waals surface area (Å²) in [5.41, 5.74) is 2.90. The topological polar surface area (TPSA) is 15.3 Å². The molecular formula is C14H22N2. The van der Waals surface area contributed by atoms with Gasteiger partial charge in [0.2, 0.25) is 0 Å². The number of rotatable bonds is 3. The average Bonchev–Trinajstić information content (AvgIpc) is 2.32. The van der Waals surface area contributed by atoms with Crippen molar-refractivity contribution in [3.8, 4) is 0 Å². The Morgan fingerprint density at radius 1 is 1.19 bits per heavy atom. The van der Waals surface area contributed by atoms with Crippen LogP contribution in [0.25, 0.3) is 0 Å². The molecule has 0 unspecified atom stereocenters. The van der Waals surface area contributed by atoms with E-state index in [4.69, 9.17) is 0 Å². The van der Waals surface area contributed by atoms with Crippen molar-refractivity contribution in [2.75, 3.05) is 27.2 Å². The second-order valence-corrected chi connectivity index (χ2v) is 4.85. The third kappa shape index (κ3) is 2.83. The molecule has 1 heterocycles. The number of benzene rings is 1. The minimum absolute atomic E-state index is 0.778. The van der Waals surface area contributed by atoms with Gasteiger partial charge in [0.15, 0.2) is 0 Å². The number of likely N-dealkylation sites (tertiary alicyclic amines) is 1. The Bertz CT molecular complexity index is 310. The second-order valence-electron chi connectivity index (χ2n) is 4.85. The summed E-state index contributed by atoms with van der Waals surface area (Å²) in [4.78, 5) is 2.42. The molecule has 1 fully saturated rings. The van der Waals surface area contributed by atoms with Crippen molar-refractivity contribution in [1.29, 1.82) is 0 Å². The predicted octanol–water partition coefficient (Wildman–Crippen LogP) is 2.22. The molecule has 0 aromatic heterocycles. The molecule has 2 rings (SSSR count). The molecule has 2 nitrogen and oxygen atoms in total. The number of hydrogen-bond acceptors (Lipinski definition) is 2. The van der Waals surface area contributed by atoms with Gasteiger partial charge in [-0.1, -0.05) is 24.3 Å². The third-order valence-corrected chi connectivity index (χ3v) is 3.55. The van der Waals surface area contributed by atoms with Crippen molar-refractivity contribution >= 4 is 0 Å². The van der Waals surface area contributed by atoms with Gasteiger partial charge in [0.05, 0.1) is 0 Å². The molecular weight excluding hydrogens is 196 g/mol. The van der Waals surface area contributed by atoms with Crippen LogP contribution in [0.5, 0.6) is 0 Å². The van der Waals surface area contributed by atoms with Gasteiger partial charge in [0.25, 0.3) is 0 Å². The fraction of sp³-hybridized carbons (Fsp3) is 0.571. The Morgan fingerprint density at radius 2 is 1.81 bits per heavy atom. The summed E-state index contributed by atoms with van der Waals surface area (Å²) >= 11 is 0. The first-order valence-electron chi connectivity index (χ1n) is 6.21. The minimum atomic E-state index is 0.778. The van der Waals surface area contributed by atoms with Crippen molar-refractivity contribution < 1.29 is 0 Å². The van der Waals surface area contributed by atoms with E-state index in [-0.39, 0.29) is 0 Å². The van der Waals surface area contributed by atoms with Crippen LogP contribution in [-0.2, 0) is 6.54 Å². The number of nitrogens with zero attached hydrogens (tertiary/aromatic N) is 1. The van der Waals surface area contributed by atoms with Gasteiger partial charge in [-0.05, 0) is 57.1 Å². The van der Waals surface area contributed by atoms with Gasteiger partial charge in [-0.15, -0.1) is 0 Å². The van der Waals surface area contributed by atoms with Crippen molar-refractivity contribution in [3.63, 3.8) is 0 Å². The Labute approximate surface area is 98.7 Å². The molecule has 1 aromatic carbocycles. The van der Waals surface area contributed by atoms with Gasteiger partial charge in [0.1, 0.15) is 0 Å². The van der Waals surface area contributed by atoms with Gasteiger partial charge < -0.3 is 10.2 Å². The molecule has 0 amide bonds. The lowest BCUT2D eigenvalue weighted by Crippen LogP contribution is -2.29. The lowest BCUT2D eigenvalue weighted by atomic mass is 9.89. The number of nitrogens with one attached hydrogen (secondary N) is 1. The zero-order valence-corrected chi connectivity index (χ0v) is 10.4. The molecule has 1 aliphatic rings. The molecule has 0 radical (unpaired) electrons. The van der Waals surface area contributed by atoms with E-state index in [2.05, 4.69) is 41.5 Å². The minimum Gasteiger partial charge on any atom is -0.316 e. The van der Waals surface area contributed by atoms with Gasteiger partial charge >= 0.3 is 0 Å². The molecule has 1 aliphatic heterocycles. The molecule has 0 atom stereocenters. The second kappa shape index (κ2) is 5.46. The van der Waals surface area contributed by atoms with E-state index in [0.717, 1.165) is 12.5 Å². The summed E-state index contributed by atoms with van der Waals surface area (Å²) in [6.07, 6.45) is 2.61. The molecule has 0 saturated carbocycles. The van der Waals surface area contributed by atoms with Crippen molar-refractivity contribution in [2.45, 2.75) is 25.3 Å². The van der Waals surface area contributed by atoms with Crippen LogP contribution in [-0.4, -0.2) is 32.1 Å². The smallest absolute Gasteiger partial charge is 0.0202 e. The quantitative estimate of drug-likeness (QED) is 0.837. The first-order chi connectivity index (χ1) is 7.79. The van der Waals surface area contributed by atoms with E-state index in [9.17, 15) is 0 Å². The maximum atomic E-state index is 3.18. The highest BCUT2D eigenvalue weighted by molar-refractivity contribution is 5.25. The highest BCUT2D eigenvalue weighted by Gasteiger charge is 2.17.